The van der Waals surface area contributed by atoms with Crippen molar-refractivity contribution in [2.45, 2.75) is 32.8 Å². The molecule has 1 N–H and O–H groups in total. The molecule has 3 rings (SSSR count). The number of amides is 1. The molecule has 0 bridgehead atoms. The molecule has 0 radical (unpaired) electrons. The second-order valence-electron chi connectivity index (χ2n) is 6.31. The summed E-state index contributed by atoms with van der Waals surface area (Å²) in [7, 11) is 0. The second kappa shape index (κ2) is 6.85. The van der Waals surface area contributed by atoms with Crippen LogP contribution in [0.3, 0.4) is 0 Å². The van der Waals surface area contributed by atoms with Crippen LogP contribution in [0.15, 0.2) is 36.4 Å². The molecule has 1 aromatic heterocycles. The molecular weight excluding hydrogens is 306 g/mol. The van der Waals surface area contributed by atoms with Crippen LogP contribution in [0, 0.1) is 19.8 Å². The van der Waals surface area contributed by atoms with Crippen LogP contribution < -0.4 is 0 Å². The number of carbonyl (C=O) groups excluding carboxylic acids is 1. The first-order chi connectivity index (χ1) is 11.1. The molecule has 3 nitrogen and oxygen atoms in total. The fraction of sp³-hybridized carbons (Fsp3) is 0.421. The van der Waals surface area contributed by atoms with Crippen molar-refractivity contribution in [3.05, 3.63) is 57.3 Å². The maximum atomic E-state index is 12.7. The molecule has 0 unspecified atom stereocenters. The molecule has 1 aliphatic rings. The van der Waals surface area contributed by atoms with E-state index in [1.54, 1.807) is 11.3 Å². The predicted molar refractivity (Wildman–Crippen MR) is 93.8 cm³/mol. The Hall–Kier alpha value is -1.65. The van der Waals surface area contributed by atoms with Crippen molar-refractivity contribution in [3.8, 4) is 0 Å². The van der Waals surface area contributed by atoms with Gasteiger partial charge < -0.3 is 10.0 Å². The Bertz CT molecular complexity index is 672. The van der Waals surface area contributed by atoms with E-state index >= 15 is 0 Å². The third-order valence-corrected chi connectivity index (χ3v) is 5.65. The normalized spacial score (nSPS) is 17.3. The van der Waals surface area contributed by atoms with Crippen LogP contribution in [0.4, 0.5) is 0 Å². The van der Waals surface area contributed by atoms with Crippen molar-refractivity contribution < 1.29 is 9.90 Å². The molecule has 1 fully saturated rings. The van der Waals surface area contributed by atoms with Crippen molar-refractivity contribution in [2.24, 2.45) is 5.92 Å². The summed E-state index contributed by atoms with van der Waals surface area (Å²) in [6.45, 7) is 5.50. The Kier molecular flexibility index (Phi) is 4.83. The smallest absolute Gasteiger partial charge is 0.254 e. The molecule has 0 saturated carbocycles. The van der Waals surface area contributed by atoms with Gasteiger partial charge in [-0.3, -0.25) is 4.79 Å². The highest BCUT2D eigenvalue weighted by Crippen LogP contribution is 2.31. The average Bonchev–Trinajstić information content (AvgIpc) is 2.93. The molecule has 0 aliphatic carbocycles. The minimum absolute atomic E-state index is 0.138. The fourth-order valence-electron chi connectivity index (χ4n) is 3.35. The number of aryl methyl sites for hydroxylation is 2. The molecule has 1 amide bonds. The number of piperidine rings is 1. The van der Waals surface area contributed by atoms with Gasteiger partial charge in [-0.15, -0.1) is 11.3 Å². The summed E-state index contributed by atoms with van der Waals surface area (Å²) in [5, 5.41) is 10.5. The molecule has 1 aromatic carbocycles. The number of benzene rings is 1. The number of hydrogen-bond donors (Lipinski definition) is 1. The zero-order chi connectivity index (χ0) is 16.4. The van der Waals surface area contributed by atoms with Gasteiger partial charge in [0.25, 0.3) is 5.91 Å². The van der Waals surface area contributed by atoms with Crippen molar-refractivity contribution in [2.75, 3.05) is 13.1 Å². The standard InChI is InChI=1S/C19H23NO2S/c1-13-12-17(14(2)23-13)19(22)20-10-8-16(9-11-20)18(21)15-6-4-3-5-7-15/h3-7,12,16,18,21H,8-11H2,1-2H3/t18-/m0/s1. The van der Waals surface area contributed by atoms with Gasteiger partial charge in [0.05, 0.1) is 11.7 Å². The minimum Gasteiger partial charge on any atom is -0.388 e. The van der Waals surface area contributed by atoms with E-state index in [1.165, 1.54) is 4.88 Å². The van der Waals surface area contributed by atoms with E-state index < -0.39 is 6.10 Å². The second-order valence-corrected chi connectivity index (χ2v) is 7.77. The molecule has 0 spiro atoms. The summed E-state index contributed by atoms with van der Waals surface area (Å²) in [4.78, 5) is 16.9. The van der Waals surface area contributed by atoms with Crippen LogP contribution in [-0.2, 0) is 0 Å². The van der Waals surface area contributed by atoms with Crippen molar-refractivity contribution >= 4 is 17.2 Å². The van der Waals surface area contributed by atoms with E-state index in [0.29, 0.717) is 0 Å². The first-order valence-electron chi connectivity index (χ1n) is 8.15. The Balaban J connectivity index is 1.62. The van der Waals surface area contributed by atoms with Gasteiger partial charge in [-0.05, 0) is 44.2 Å². The third-order valence-electron chi connectivity index (χ3n) is 4.69. The zero-order valence-corrected chi connectivity index (χ0v) is 14.5. The maximum absolute atomic E-state index is 12.7. The lowest BCUT2D eigenvalue weighted by Crippen LogP contribution is -2.39. The summed E-state index contributed by atoms with van der Waals surface area (Å²) < 4.78 is 0. The van der Waals surface area contributed by atoms with Crippen LogP contribution in [0.1, 0.15) is 44.6 Å². The number of nitrogens with zero attached hydrogens (tertiary/aromatic N) is 1. The summed E-state index contributed by atoms with van der Waals surface area (Å²) >= 11 is 1.68. The van der Waals surface area contributed by atoms with E-state index in [9.17, 15) is 9.90 Å². The van der Waals surface area contributed by atoms with Gasteiger partial charge >= 0.3 is 0 Å². The molecule has 2 heterocycles. The molecular formula is C19H23NO2S. The highest BCUT2D eigenvalue weighted by atomic mass is 32.1. The summed E-state index contributed by atoms with van der Waals surface area (Å²) in [5.74, 6) is 0.367. The fourth-order valence-corrected chi connectivity index (χ4v) is 4.27. The van der Waals surface area contributed by atoms with Gasteiger partial charge in [0, 0.05) is 22.8 Å². The Morgan fingerprint density at radius 2 is 1.87 bits per heavy atom. The molecule has 122 valence electrons. The molecule has 2 aromatic rings. The molecule has 23 heavy (non-hydrogen) atoms. The van der Waals surface area contributed by atoms with Gasteiger partial charge in [-0.2, -0.15) is 0 Å². The van der Waals surface area contributed by atoms with Crippen LogP contribution in [0.5, 0.6) is 0 Å². The van der Waals surface area contributed by atoms with Crippen molar-refractivity contribution in [1.29, 1.82) is 0 Å². The van der Waals surface area contributed by atoms with E-state index in [2.05, 4.69) is 0 Å². The SMILES string of the molecule is Cc1cc(C(=O)N2CCC([C@@H](O)c3ccccc3)CC2)c(C)s1. The van der Waals surface area contributed by atoms with E-state index in [-0.39, 0.29) is 11.8 Å². The molecule has 1 atom stereocenters. The molecule has 1 aliphatic heterocycles. The van der Waals surface area contributed by atoms with E-state index in [1.807, 2.05) is 55.1 Å². The highest BCUT2D eigenvalue weighted by molar-refractivity contribution is 7.12. The predicted octanol–water partition coefficient (Wildman–Crippen LogP) is 3.95. The van der Waals surface area contributed by atoms with Crippen LogP contribution in [0.25, 0.3) is 0 Å². The van der Waals surface area contributed by atoms with Crippen LogP contribution in [-0.4, -0.2) is 29.0 Å². The quantitative estimate of drug-likeness (QED) is 0.926. The summed E-state index contributed by atoms with van der Waals surface area (Å²) in [6.07, 6.45) is 1.27. The number of aliphatic hydroxyl groups is 1. The largest absolute Gasteiger partial charge is 0.388 e. The maximum Gasteiger partial charge on any atom is 0.254 e. The van der Waals surface area contributed by atoms with E-state index in [4.69, 9.17) is 0 Å². The van der Waals surface area contributed by atoms with Crippen LogP contribution >= 0.6 is 11.3 Å². The first-order valence-corrected chi connectivity index (χ1v) is 8.97. The van der Waals surface area contributed by atoms with Crippen LogP contribution in [0.2, 0.25) is 0 Å². The van der Waals surface area contributed by atoms with Crippen molar-refractivity contribution in [1.82, 2.24) is 4.90 Å². The van der Waals surface area contributed by atoms with E-state index in [0.717, 1.165) is 41.9 Å². The molecule has 1 saturated heterocycles. The Morgan fingerprint density at radius 3 is 2.43 bits per heavy atom. The number of hydrogen-bond acceptors (Lipinski definition) is 3. The first kappa shape index (κ1) is 16.2. The summed E-state index contributed by atoms with van der Waals surface area (Å²) in [5.41, 5.74) is 1.82. The lowest BCUT2D eigenvalue weighted by Gasteiger charge is -2.34. The lowest BCUT2D eigenvalue weighted by atomic mass is 9.87. The lowest BCUT2D eigenvalue weighted by molar-refractivity contribution is 0.0462. The Morgan fingerprint density at radius 1 is 1.22 bits per heavy atom. The van der Waals surface area contributed by atoms with Gasteiger partial charge in [-0.25, -0.2) is 0 Å². The third kappa shape index (κ3) is 3.48. The Labute approximate surface area is 141 Å². The summed E-state index contributed by atoms with van der Waals surface area (Å²) in [6, 6.07) is 11.8. The topological polar surface area (TPSA) is 40.5 Å². The number of likely N-dealkylation sites (tertiary alicyclic amines) is 1. The number of rotatable bonds is 3. The highest BCUT2D eigenvalue weighted by Gasteiger charge is 2.29. The van der Waals surface area contributed by atoms with Crippen molar-refractivity contribution in [3.63, 3.8) is 0 Å². The number of thiophene rings is 1. The van der Waals surface area contributed by atoms with Gasteiger partial charge in [0.15, 0.2) is 0 Å². The van der Waals surface area contributed by atoms with Gasteiger partial charge in [0.2, 0.25) is 0 Å². The molecule has 4 heteroatoms. The number of carbonyl (C=O) groups is 1. The monoisotopic (exact) mass is 329 g/mol. The zero-order valence-electron chi connectivity index (χ0n) is 13.7. The minimum atomic E-state index is -0.432. The number of aliphatic hydroxyl groups excluding tert-OH is 1. The van der Waals surface area contributed by atoms with Gasteiger partial charge in [-0.1, -0.05) is 30.3 Å². The average molecular weight is 329 g/mol. The van der Waals surface area contributed by atoms with Gasteiger partial charge in [0.1, 0.15) is 0 Å².